The fourth-order valence-electron chi connectivity index (χ4n) is 2.98. The number of hydrogen-bond donors (Lipinski definition) is 1. The van der Waals surface area contributed by atoms with E-state index in [0.717, 1.165) is 11.1 Å². The first kappa shape index (κ1) is 17.1. The topological polar surface area (TPSA) is 96.5 Å². The molecular formula is C18H21N3O4. The Hall–Kier alpha value is -2.70. The molecule has 2 heterocycles. The summed E-state index contributed by atoms with van der Waals surface area (Å²) in [4.78, 5) is 30.0. The minimum Gasteiger partial charge on any atom is -0.481 e. The zero-order valence-electron chi connectivity index (χ0n) is 14.3. The Morgan fingerprint density at radius 1 is 1.36 bits per heavy atom. The van der Waals surface area contributed by atoms with E-state index in [1.54, 1.807) is 4.90 Å². The number of amides is 1. The van der Waals surface area contributed by atoms with Gasteiger partial charge in [-0.2, -0.15) is 4.98 Å². The fourth-order valence-corrected chi connectivity index (χ4v) is 2.98. The zero-order valence-corrected chi connectivity index (χ0v) is 14.3. The lowest BCUT2D eigenvalue weighted by molar-refractivity contribution is -0.141. The predicted molar refractivity (Wildman–Crippen MR) is 88.9 cm³/mol. The van der Waals surface area contributed by atoms with Crippen molar-refractivity contribution in [1.82, 2.24) is 15.0 Å². The van der Waals surface area contributed by atoms with E-state index < -0.39 is 11.9 Å². The summed E-state index contributed by atoms with van der Waals surface area (Å²) in [5.74, 6) is -0.481. The van der Waals surface area contributed by atoms with Crippen LogP contribution in [0.15, 0.2) is 28.8 Å². The number of nitrogens with zero attached hydrogens (tertiary/aromatic N) is 3. The van der Waals surface area contributed by atoms with Gasteiger partial charge in [-0.25, -0.2) is 0 Å². The van der Waals surface area contributed by atoms with Gasteiger partial charge in [0.15, 0.2) is 5.82 Å². The lowest BCUT2D eigenvalue weighted by atomic mass is 9.89. The average molecular weight is 343 g/mol. The monoisotopic (exact) mass is 343 g/mol. The van der Waals surface area contributed by atoms with Gasteiger partial charge in [0.1, 0.15) is 0 Å². The van der Waals surface area contributed by atoms with Crippen LogP contribution in [-0.2, 0) is 22.6 Å². The molecule has 1 atom stereocenters. The van der Waals surface area contributed by atoms with Crippen LogP contribution in [0.4, 0.5) is 0 Å². The number of carboxylic acid groups (broad SMARTS) is 1. The van der Waals surface area contributed by atoms with Gasteiger partial charge in [0.25, 0.3) is 0 Å². The van der Waals surface area contributed by atoms with Crippen molar-refractivity contribution < 1.29 is 19.2 Å². The molecule has 1 amide bonds. The summed E-state index contributed by atoms with van der Waals surface area (Å²) in [6.45, 7) is 4.56. The van der Waals surface area contributed by atoms with Crippen molar-refractivity contribution in [3.63, 3.8) is 0 Å². The van der Waals surface area contributed by atoms with Crippen molar-refractivity contribution >= 4 is 11.9 Å². The minimum atomic E-state index is -0.913. The molecule has 1 aromatic carbocycles. The molecule has 1 aliphatic rings. The molecule has 0 aliphatic carbocycles. The smallest absolute Gasteiger partial charge is 0.312 e. The molecule has 7 heteroatoms. The first-order chi connectivity index (χ1) is 12.0. The zero-order chi connectivity index (χ0) is 18.0. The van der Waals surface area contributed by atoms with Crippen molar-refractivity contribution in [3.8, 4) is 0 Å². The van der Waals surface area contributed by atoms with Crippen LogP contribution >= 0.6 is 0 Å². The van der Waals surface area contributed by atoms with E-state index in [2.05, 4.69) is 10.1 Å². The molecule has 1 aliphatic heterocycles. The number of aliphatic carboxylic acids is 1. The average Bonchev–Trinajstić information content (AvgIpc) is 3.08. The quantitative estimate of drug-likeness (QED) is 0.895. The first-order valence-electron chi connectivity index (χ1n) is 8.36. The standard InChI is InChI=1S/C18H21N3O4/c1-11(2)17-19-15(25-20-17)7-8-16(22)21-9-12-5-3-4-6-13(12)14(10-21)18(23)24/h3-6,11,14H,7-10H2,1-2H3,(H,23,24). The van der Waals surface area contributed by atoms with Crippen LogP contribution in [0.5, 0.6) is 0 Å². The number of aryl methyl sites for hydroxylation is 1. The summed E-state index contributed by atoms with van der Waals surface area (Å²) in [5, 5.41) is 13.4. The number of aromatic nitrogens is 2. The van der Waals surface area contributed by atoms with E-state index >= 15 is 0 Å². The van der Waals surface area contributed by atoms with E-state index in [1.807, 2.05) is 38.1 Å². The largest absolute Gasteiger partial charge is 0.481 e. The molecule has 3 rings (SSSR count). The third-order valence-corrected chi connectivity index (χ3v) is 4.40. The van der Waals surface area contributed by atoms with Gasteiger partial charge in [0, 0.05) is 31.8 Å². The number of rotatable bonds is 5. The number of carboxylic acids is 1. The van der Waals surface area contributed by atoms with Crippen LogP contribution in [-0.4, -0.2) is 38.6 Å². The van der Waals surface area contributed by atoms with Crippen molar-refractivity contribution in [2.24, 2.45) is 0 Å². The summed E-state index contributed by atoms with van der Waals surface area (Å²) in [6.07, 6.45) is 0.572. The van der Waals surface area contributed by atoms with Crippen molar-refractivity contribution in [1.29, 1.82) is 0 Å². The second kappa shape index (κ2) is 7.04. The van der Waals surface area contributed by atoms with E-state index in [-0.39, 0.29) is 24.8 Å². The summed E-state index contributed by atoms with van der Waals surface area (Å²) in [6, 6.07) is 7.38. The van der Waals surface area contributed by atoms with Gasteiger partial charge in [-0.05, 0) is 11.1 Å². The van der Waals surface area contributed by atoms with Gasteiger partial charge in [-0.15, -0.1) is 0 Å². The van der Waals surface area contributed by atoms with Crippen LogP contribution in [0.3, 0.4) is 0 Å². The number of carbonyl (C=O) groups excluding carboxylic acids is 1. The van der Waals surface area contributed by atoms with Crippen LogP contribution in [0.1, 0.15) is 54.9 Å². The second-order valence-electron chi connectivity index (χ2n) is 6.56. The Morgan fingerprint density at radius 3 is 2.80 bits per heavy atom. The number of benzene rings is 1. The second-order valence-corrected chi connectivity index (χ2v) is 6.56. The maximum absolute atomic E-state index is 12.5. The van der Waals surface area contributed by atoms with Gasteiger partial charge >= 0.3 is 5.97 Å². The lowest BCUT2D eigenvalue weighted by Gasteiger charge is -2.32. The van der Waals surface area contributed by atoms with Crippen molar-refractivity contribution in [2.75, 3.05) is 6.54 Å². The Morgan fingerprint density at radius 2 is 2.12 bits per heavy atom. The maximum atomic E-state index is 12.5. The number of hydrogen-bond acceptors (Lipinski definition) is 5. The van der Waals surface area contributed by atoms with Crippen LogP contribution in [0, 0.1) is 0 Å². The molecule has 0 spiro atoms. The van der Waals surface area contributed by atoms with Crippen LogP contribution in [0.2, 0.25) is 0 Å². The van der Waals surface area contributed by atoms with Gasteiger partial charge < -0.3 is 14.5 Å². The van der Waals surface area contributed by atoms with Crippen LogP contribution in [0.25, 0.3) is 0 Å². The third-order valence-electron chi connectivity index (χ3n) is 4.40. The van der Waals surface area contributed by atoms with E-state index in [1.165, 1.54) is 0 Å². The van der Waals surface area contributed by atoms with Crippen molar-refractivity contribution in [3.05, 3.63) is 47.1 Å². The molecular weight excluding hydrogens is 322 g/mol. The van der Waals surface area contributed by atoms with Gasteiger partial charge in [0.2, 0.25) is 11.8 Å². The SMILES string of the molecule is CC(C)c1noc(CCC(=O)N2Cc3ccccc3C(C(=O)O)C2)n1. The molecule has 1 unspecified atom stereocenters. The fraction of sp³-hybridized carbons (Fsp3) is 0.444. The normalized spacial score (nSPS) is 16.8. The maximum Gasteiger partial charge on any atom is 0.312 e. The van der Waals surface area contributed by atoms with Gasteiger partial charge in [-0.3, -0.25) is 9.59 Å². The molecule has 0 fully saturated rings. The number of fused-ring (bicyclic) bond motifs is 1. The molecule has 7 nitrogen and oxygen atoms in total. The van der Waals surface area contributed by atoms with Gasteiger partial charge in [-0.1, -0.05) is 43.3 Å². The van der Waals surface area contributed by atoms with E-state index in [9.17, 15) is 14.7 Å². The summed E-state index contributed by atoms with van der Waals surface area (Å²) < 4.78 is 5.15. The predicted octanol–water partition coefficient (Wildman–Crippen LogP) is 2.34. The van der Waals surface area contributed by atoms with Crippen LogP contribution < -0.4 is 0 Å². The van der Waals surface area contributed by atoms with E-state index in [4.69, 9.17) is 4.52 Å². The molecule has 0 saturated carbocycles. The molecule has 0 radical (unpaired) electrons. The molecule has 0 bridgehead atoms. The molecule has 2 aromatic rings. The molecule has 1 N–H and O–H groups in total. The minimum absolute atomic E-state index is 0.106. The molecule has 132 valence electrons. The summed E-state index contributed by atoms with van der Waals surface area (Å²) in [5.41, 5.74) is 1.67. The van der Waals surface area contributed by atoms with E-state index in [0.29, 0.717) is 24.7 Å². The Balaban J connectivity index is 1.67. The highest BCUT2D eigenvalue weighted by Crippen LogP contribution is 2.29. The summed E-state index contributed by atoms with van der Waals surface area (Å²) in [7, 11) is 0. The number of carbonyl (C=O) groups is 2. The molecule has 1 aromatic heterocycles. The Bertz CT molecular complexity index is 784. The Labute approximate surface area is 145 Å². The highest BCUT2D eigenvalue weighted by molar-refractivity contribution is 5.81. The first-order valence-corrected chi connectivity index (χ1v) is 8.36. The highest BCUT2D eigenvalue weighted by Gasteiger charge is 2.32. The van der Waals surface area contributed by atoms with Crippen molar-refractivity contribution in [2.45, 2.75) is 45.1 Å². The lowest BCUT2D eigenvalue weighted by Crippen LogP contribution is -2.40. The highest BCUT2D eigenvalue weighted by atomic mass is 16.5. The molecule has 0 saturated heterocycles. The third kappa shape index (κ3) is 3.70. The summed E-state index contributed by atoms with van der Waals surface area (Å²) >= 11 is 0. The Kier molecular flexibility index (Phi) is 4.83. The van der Waals surface area contributed by atoms with Gasteiger partial charge in [0.05, 0.1) is 5.92 Å². The molecule has 25 heavy (non-hydrogen) atoms.